The van der Waals surface area contributed by atoms with Crippen LogP contribution in [0.1, 0.15) is 15.9 Å². The van der Waals surface area contributed by atoms with E-state index in [1.54, 1.807) is 18.2 Å². The maximum absolute atomic E-state index is 12.2. The number of anilines is 1. The number of amides is 1. The van der Waals surface area contributed by atoms with Crippen molar-refractivity contribution >= 4 is 45.2 Å². The van der Waals surface area contributed by atoms with E-state index in [2.05, 4.69) is 43.3 Å². The highest BCUT2D eigenvalue weighted by Gasteiger charge is 2.09. The van der Waals surface area contributed by atoms with Crippen LogP contribution in [0.15, 0.2) is 36.4 Å². The summed E-state index contributed by atoms with van der Waals surface area (Å²) >= 11 is 2.25. The van der Waals surface area contributed by atoms with Gasteiger partial charge in [0.1, 0.15) is 11.0 Å². The first-order valence-corrected chi connectivity index (χ1v) is 7.09. The fourth-order valence-electron chi connectivity index (χ4n) is 1.86. The van der Waals surface area contributed by atoms with Gasteiger partial charge in [-0.3, -0.25) is 4.79 Å². The molecule has 0 aliphatic carbocycles. The quantitative estimate of drug-likeness (QED) is 0.674. The van der Waals surface area contributed by atoms with Gasteiger partial charge in [0.15, 0.2) is 0 Å². The van der Waals surface area contributed by atoms with Crippen LogP contribution in [-0.4, -0.2) is 21.3 Å². The van der Waals surface area contributed by atoms with Crippen LogP contribution in [0, 0.1) is 10.5 Å². The van der Waals surface area contributed by atoms with E-state index in [0.717, 1.165) is 14.8 Å². The van der Waals surface area contributed by atoms with Crippen molar-refractivity contribution < 1.29 is 4.79 Å². The molecule has 0 unspecified atom stereocenters. The molecule has 5 nitrogen and oxygen atoms in total. The van der Waals surface area contributed by atoms with Crippen molar-refractivity contribution in [1.82, 2.24) is 15.4 Å². The highest BCUT2D eigenvalue weighted by atomic mass is 127. The first kappa shape index (κ1) is 13.0. The molecule has 3 rings (SSSR count). The van der Waals surface area contributed by atoms with Crippen molar-refractivity contribution in [3.8, 4) is 0 Å². The summed E-state index contributed by atoms with van der Waals surface area (Å²) in [5.74, 6) is -0.158. The lowest BCUT2D eigenvalue weighted by Crippen LogP contribution is -2.11. The van der Waals surface area contributed by atoms with Gasteiger partial charge in [-0.05, 0) is 65.4 Å². The topological polar surface area (TPSA) is 70.7 Å². The SMILES string of the molecule is Cc1ccc(NC(=O)c2ccc3n[nH]nc3c2)cc1I. The number of aromatic nitrogens is 3. The molecule has 6 heteroatoms. The Morgan fingerprint density at radius 3 is 2.75 bits per heavy atom. The molecule has 0 bridgehead atoms. The summed E-state index contributed by atoms with van der Waals surface area (Å²) in [7, 11) is 0. The van der Waals surface area contributed by atoms with E-state index >= 15 is 0 Å². The standard InChI is InChI=1S/C14H11IN4O/c1-8-2-4-10(7-11(8)15)16-14(20)9-3-5-12-13(6-9)18-19-17-12/h2-7H,1H3,(H,16,20)(H,17,18,19). The van der Waals surface area contributed by atoms with Crippen LogP contribution in [0.4, 0.5) is 5.69 Å². The summed E-state index contributed by atoms with van der Waals surface area (Å²) in [6, 6.07) is 11.0. The third-order valence-corrected chi connectivity index (χ3v) is 4.17. The van der Waals surface area contributed by atoms with Crippen molar-refractivity contribution in [2.24, 2.45) is 0 Å². The maximum atomic E-state index is 12.2. The highest BCUT2D eigenvalue weighted by molar-refractivity contribution is 14.1. The predicted octanol–water partition coefficient (Wildman–Crippen LogP) is 3.12. The van der Waals surface area contributed by atoms with E-state index in [1.807, 2.05) is 25.1 Å². The van der Waals surface area contributed by atoms with E-state index in [1.165, 1.54) is 5.56 Å². The average molecular weight is 378 g/mol. The molecule has 1 heterocycles. The molecule has 3 aromatic rings. The zero-order valence-electron chi connectivity index (χ0n) is 10.6. The summed E-state index contributed by atoms with van der Waals surface area (Å²) in [4.78, 5) is 12.2. The Morgan fingerprint density at radius 2 is 1.95 bits per heavy atom. The van der Waals surface area contributed by atoms with Gasteiger partial charge in [0.05, 0.1) is 0 Å². The molecule has 1 amide bonds. The summed E-state index contributed by atoms with van der Waals surface area (Å²) < 4.78 is 1.12. The molecular formula is C14H11IN4O. The van der Waals surface area contributed by atoms with E-state index in [4.69, 9.17) is 0 Å². The minimum atomic E-state index is -0.158. The maximum Gasteiger partial charge on any atom is 0.255 e. The van der Waals surface area contributed by atoms with Crippen LogP contribution in [-0.2, 0) is 0 Å². The zero-order chi connectivity index (χ0) is 14.1. The van der Waals surface area contributed by atoms with Crippen LogP contribution in [0.25, 0.3) is 11.0 Å². The largest absolute Gasteiger partial charge is 0.322 e. The van der Waals surface area contributed by atoms with Crippen LogP contribution in [0.5, 0.6) is 0 Å². The number of carbonyl (C=O) groups excluding carboxylic acids is 1. The molecule has 0 aliphatic rings. The molecule has 0 spiro atoms. The summed E-state index contributed by atoms with van der Waals surface area (Å²) in [6.07, 6.45) is 0. The highest BCUT2D eigenvalue weighted by Crippen LogP contribution is 2.18. The number of H-pyrrole nitrogens is 1. The number of aryl methyl sites for hydroxylation is 1. The lowest BCUT2D eigenvalue weighted by Gasteiger charge is -2.07. The van der Waals surface area contributed by atoms with Gasteiger partial charge in [0, 0.05) is 14.8 Å². The van der Waals surface area contributed by atoms with Gasteiger partial charge >= 0.3 is 0 Å². The average Bonchev–Trinajstić information content (AvgIpc) is 2.90. The third-order valence-electron chi connectivity index (χ3n) is 3.01. The first-order valence-electron chi connectivity index (χ1n) is 6.01. The number of nitrogens with zero attached hydrogens (tertiary/aromatic N) is 2. The molecule has 0 saturated carbocycles. The van der Waals surface area contributed by atoms with Crippen LogP contribution < -0.4 is 5.32 Å². The number of rotatable bonds is 2. The second-order valence-electron chi connectivity index (χ2n) is 4.45. The molecule has 0 fully saturated rings. The molecule has 0 atom stereocenters. The monoisotopic (exact) mass is 378 g/mol. The van der Waals surface area contributed by atoms with Crippen molar-refractivity contribution in [2.75, 3.05) is 5.32 Å². The van der Waals surface area contributed by atoms with E-state index in [0.29, 0.717) is 11.1 Å². The Kier molecular flexibility index (Phi) is 3.39. The molecule has 1 aromatic heterocycles. The number of aromatic amines is 1. The Bertz CT molecular complexity index is 797. The molecule has 2 aromatic carbocycles. The van der Waals surface area contributed by atoms with Crippen LogP contribution >= 0.6 is 22.6 Å². The summed E-state index contributed by atoms with van der Waals surface area (Å²) in [5.41, 5.74) is 3.95. The number of benzene rings is 2. The minimum Gasteiger partial charge on any atom is -0.322 e. The fraction of sp³-hybridized carbons (Fsp3) is 0.0714. The molecule has 100 valence electrons. The number of hydrogen-bond acceptors (Lipinski definition) is 3. The van der Waals surface area contributed by atoms with Gasteiger partial charge in [-0.25, -0.2) is 0 Å². The molecule has 2 N–H and O–H groups in total. The smallest absolute Gasteiger partial charge is 0.255 e. The fourth-order valence-corrected chi connectivity index (χ4v) is 2.37. The van der Waals surface area contributed by atoms with E-state index < -0.39 is 0 Å². The Hall–Kier alpha value is -1.96. The van der Waals surface area contributed by atoms with Crippen molar-refractivity contribution in [2.45, 2.75) is 6.92 Å². The molecule has 0 radical (unpaired) electrons. The molecular weight excluding hydrogens is 367 g/mol. The molecule has 0 aliphatic heterocycles. The van der Waals surface area contributed by atoms with Gasteiger partial charge in [0.2, 0.25) is 0 Å². The van der Waals surface area contributed by atoms with Crippen molar-refractivity contribution in [3.05, 3.63) is 51.1 Å². The zero-order valence-corrected chi connectivity index (χ0v) is 12.8. The Morgan fingerprint density at radius 1 is 1.15 bits per heavy atom. The second kappa shape index (κ2) is 5.20. The number of halogens is 1. The van der Waals surface area contributed by atoms with Crippen molar-refractivity contribution in [3.63, 3.8) is 0 Å². The summed E-state index contributed by atoms with van der Waals surface area (Å²) in [5, 5.41) is 13.3. The summed E-state index contributed by atoms with van der Waals surface area (Å²) in [6.45, 7) is 2.03. The molecule has 0 saturated heterocycles. The van der Waals surface area contributed by atoms with Gasteiger partial charge in [-0.1, -0.05) is 6.07 Å². The van der Waals surface area contributed by atoms with E-state index in [-0.39, 0.29) is 5.91 Å². The Balaban J connectivity index is 1.86. The lowest BCUT2D eigenvalue weighted by atomic mass is 10.1. The number of hydrogen-bond donors (Lipinski definition) is 2. The predicted molar refractivity (Wildman–Crippen MR) is 85.7 cm³/mol. The van der Waals surface area contributed by atoms with Crippen LogP contribution in [0.3, 0.4) is 0 Å². The minimum absolute atomic E-state index is 0.158. The van der Waals surface area contributed by atoms with Gasteiger partial charge in [-0.2, -0.15) is 15.4 Å². The normalized spacial score (nSPS) is 10.7. The van der Waals surface area contributed by atoms with Gasteiger partial charge in [0.25, 0.3) is 5.91 Å². The van der Waals surface area contributed by atoms with E-state index in [9.17, 15) is 4.79 Å². The number of carbonyl (C=O) groups is 1. The second-order valence-corrected chi connectivity index (χ2v) is 5.61. The first-order chi connectivity index (χ1) is 9.63. The lowest BCUT2D eigenvalue weighted by molar-refractivity contribution is 0.102. The Labute approximate surface area is 128 Å². The molecule has 20 heavy (non-hydrogen) atoms. The van der Waals surface area contributed by atoms with Crippen molar-refractivity contribution in [1.29, 1.82) is 0 Å². The van der Waals surface area contributed by atoms with Gasteiger partial charge in [-0.15, -0.1) is 0 Å². The number of nitrogens with one attached hydrogen (secondary N) is 2. The number of fused-ring (bicyclic) bond motifs is 1. The third kappa shape index (κ3) is 2.51. The van der Waals surface area contributed by atoms with Gasteiger partial charge < -0.3 is 5.32 Å². The van der Waals surface area contributed by atoms with Crippen LogP contribution in [0.2, 0.25) is 0 Å².